The van der Waals surface area contributed by atoms with E-state index in [1.807, 2.05) is 0 Å². The molecule has 0 radical (unpaired) electrons. The molecular formula is C58H43B3N2O2. The fourth-order valence-electron chi connectivity index (χ4n) is 15.1. The Kier molecular flexibility index (Phi) is 6.12. The quantitative estimate of drug-likeness (QED) is 0.144. The highest BCUT2D eigenvalue weighted by atomic mass is 16.5. The van der Waals surface area contributed by atoms with Crippen LogP contribution in [-0.4, -0.2) is 20.1 Å². The Hall–Kier alpha value is -6.59. The lowest BCUT2D eigenvalue weighted by Gasteiger charge is -2.55. The number of ether oxygens (including phenoxy) is 2. The normalized spacial score (nSPS) is 17.9. The summed E-state index contributed by atoms with van der Waals surface area (Å²) >= 11 is 0. The van der Waals surface area contributed by atoms with Gasteiger partial charge in [0.25, 0.3) is 20.1 Å². The maximum atomic E-state index is 7.10. The SMILES string of the molecule is Cc1ccc2c(c1)Oc1ccc3c4c1B2c1cc2c5c6c1N4c1c(cc(C)cc1C3=C1CCCC1)B6c1cc(C)cc3c1N5c1c(ccc4c1B2c1ccc(C)cc1O4)C3=C1CCCC1. The first-order valence-corrected chi connectivity index (χ1v) is 24.4. The molecule has 0 saturated heterocycles. The first-order chi connectivity index (χ1) is 31.9. The van der Waals surface area contributed by atoms with Crippen LogP contribution in [0.4, 0.5) is 34.1 Å². The number of rotatable bonds is 0. The third-order valence-electron chi connectivity index (χ3n) is 17.3. The van der Waals surface area contributed by atoms with Gasteiger partial charge in [0.05, 0.1) is 11.4 Å². The molecule has 0 atom stereocenters. The number of nitrogens with zero attached hydrogens (tertiary/aromatic N) is 2. The molecule has 7 aromatic rings. The third kappa shape index (κ3) is 3.94. The summed E-state index contributed by atoms with van der Waals surface area (Å²) in [5.74, 6) is 3.97. The van der Waals surface area contributed by atoms with Gasteiger partial charge in [0, 0.05) is 45.0 Å². The number of allylic oxidation sites excluding steroid dienone is 2. The minimum Gasteiger partial charge on any atom is -0.458 e. The van der Waals surface area contributed by atoms with E-state index in [0.717, 1.165) is 23.0 Å². The first-order valence-electron chi connectivity index (χ1n) is 24.4. The molecule has 2 saturated carbocycles. The molecule has 306 valence electrons. The number of anilines is 6. The van der Waals surface area contributed by atoms with Crippen LogP contribution in [-0.2, 0) is 0 Å². The lowest BCUT2D eigenvalue weighted by atomic mass is 9.25. The van der Waals surface area contributed by atoms with E-state index in [1.165, 1.54) is 190 Å². The first kappa shape index (κ1) is 34.8. The minimum atomic E-state index is 0.0141. The molecular weight excluding hydrogens is 789 g/mol. The summed E-state index contributed by atoms with van der Waals surface area (Å²) in [7, 11) is 0. The Morgan fingerprint density at radius 3 is 1.25 bits per heavy atom. The zero-order valence-electron chi connectivity index (χ0n) is 37.3. The van der Waals surface area contributed by atoms with Crippen LogP contribution in [0.5, 0.6) is 23.0 Å². The van der Waals surface area contributed by atoms with Gasteiger partial charge in [-0.2, -0.15) is 0 Å². The van der Waals surface area contributed by atoms with Gasteiger partial charge in [-0.1, -0.05) is 64.7 Å². The average molecular weight is 832 g/mol. The summed E-state index contributed by atoms with van der Waals surface area (Å²) in [5, 5.41) is 0. The summed E-state index contributed by atoms with van der Waals surface area (Å²) in [6, 6.07) is 36.3. The van der Waals surface area contributed by atoms with Crippen LogP contribution in [0.2, 0.25) is 0 Å². The predicted octanol–water partition coefficient (Wildman–Crippen LogP) is 8.25. The molecule has 4 nitrogen and oxygen atoms in total. The van der Waals surface area contributed by atoms with Crippen LogP contribution in [0.3, 0.4) is 0 Å². The van der Waals surface area contributed by atoms with Gasteiger partial charge in [-0.15, -0.1) is 0 Å². The third-order valence-corrected chi connectivity index (χ3v) is 17.3. The van der Waals surface area contributed by atoms with Gasteiger partial charge < -0.3 is 19.3 Å². The van der Waals surface area contributed by atoms with Crippen LogP contribution in [0.25, 0.3) is 11.1 Å². The van der Waals surface area contributed by atoms with E-state index in [9.17, 15) is 0 Å². The molecule has 65 heavy (non-hydrogen) atoms. The fraction of sp³-hybridized carbons (Fsp3) is 0.207. The van der Waals surface area contributed by atoms with Crippen molar-refractivity contribution in [2.75, 3.05) is 9.80 Å². The molecule has 0 N–H and O–H groups in total. The molecule has 10 aliphatic rings. The van der Waals surface area contributed by atoms with Crippen molar-refractivity contribution in [3.63, 3.8) is 0 Å². The van der Waals surface area contributed by atoms with E-state index >= 15 is 0 Å². The van der Waals surface area contributed by atoms with Gasteiger partial charge in [-0.25, -0.2) is 0 Å². The molecule has 8 aliphatic heterocycles. The second kappa shape index (κ2) is 11.4. The number of benzene rings is 7. The Bertz CT molecular complexity index is 3410. The van der Waals surface area contributed by atoms with Crippen LogP contribution >= 0.6 is 0 Å². The largest absolute Gasteiger partial charge is 0.458 e. The van der Waals surface area contributed by atoms with Crippen molar-refractivity contribution in [3.05, 3.63) is 147 Å². The van der Waals surface area contributed by atoms with Crippen molar-refractivity contribution in [2.45, 2.75) is 79.1 Å². The highest BCUT2D eigenvalue weighted by Crippen LogP contribution is 2.59. The van der Waals surface area contributed by atoms with Crippen molar-refractivity contribution in [1.82, 2.24) is 0 Å². The van der Waals surface area contributed by atoms with Crippen LogP contribution in [0.1, 0.15) is 95.9 Å². The molecule has 17 rings (SSSR count). The van der Waals surface area contributed by atoms with Gasteiger partial charge in [0.2, 0.25) is 0 Å². The Morgan fingerprint density at radius 2 is 0.785 bits per heavy atom. The summed E-state index contributed by atoms with van der Waals surface area (Å²) < 4.78 is 14.2. The van der Waals surface area contributed by atoms with Crippen molar-refractivity contribution in [1.29, 1.82) is 0 Å². The molecule has 0 aromatic heterocycles. The highest BCUT2D eigenvalue weighted by molar-refractivity contribution is 7.07. The summed E-state index contributed by atoms with van der Waals surface area (Å²) in [6.07, 6.45) is 9.74. The van der Waals surface area contributed by atoms with E-state index in [0.29, 0.717) is 0 Å². The van der Waals surface area contributed by atoms with E-state index in [-0.39, 0.29) is 20.1 Å². The average Bonchev–Trinajstić information content (AvgIpc) is 4.04. The molecule has 7 aromatic carbocycles. The molecule has 0 spiro atoms. The predicted molar refractivity (Wildman–Crippen MR) is 271 cm³/mol. The number of aryl methyl sites for hydroxylation is 4. The van der Waals surface area contributed by atoms with E-state index in [1.54, 1.807) is 11.1 Å². The van der Waals surface area contributed by atoms with Gasteiger partial charge in [0.1, 0.15) is 23.0 Å². The lowest BCUT2D eigenvalue weighted by molar-refractivity contribution is 0.487. The van der Waals surface area contributed by atoms with Gasteiger partial charge in [-0.3, -0.25) is 0 Å². The van der Waals surface area contributed by atoms with Gasteiger partial charge in [0.15, 0.2) is 0 Å². The fourth-order valence-corrected chi connectivity index (χ4v) is 15.1. The van der Waals surface area contributed by atoms with Crippen LogP contribution in [0.15, 0.2) is 102 Å². The second-order valence-electron chi connectivity index (χ2n) is 21.0. The summed E-state index contributed by atoms with van der Waals surface area (Å²) in [4.78, 5) is 5.56. The van der Waals surface area contributed by atoms with Crippen LogP contribution in [0, 0.1) is 27.7 Å². The zero-order valence-corrected chi connectivity index (χ0v) is 37.3. The molecule has 7 heteroatoms. The number of hydrogen-bond donors (Lipinski definition) is 0. The summed E-state index contributed by atoms with van der Waals surface area (Å²) in [6.45, 7) is 9.18. The Morgan fingerprint density at radius 1 is 0.354 bits per heavy atom. The number of fused-ring (bicyclic) bond motifs is 8. The van der Waals surface area contributed by atoms with Crippen molar-refractivity contribution in [2.24, 2.45) is 0 Å². The Labute approximate surface area is 380 Å². The van der Waals surface area contributed by atoms with E-state index < -0.39 is 0 Å². The monoisotopic (exact) mass is 832 g/mol. The lowest BCUT2D eigenvalue weighted by Crippen LogP contribution is -2.72. The minimum absolute atomic E-state index is 0.0141. The summed E-state index contributed by atoms with van der Waals surface area (Å²) in [5.41, 5.74) is 37.7. The molecule has 8 heterocycles. The molecule has 0 bridgehead atoms. The smallest absolute Gasteiger partial charge is 0.256 e. The van der Waals surface area contributed by atoms with Crippen LogP contribution < -0.4 is 68.4 Å². The second-order valence-corrected chi connectivity index (χ2v) is 21.0. The zero-order chi connectivity index (χ0) is 42.5. The molecule has 0 amide bonds. The Balaban J connectivity index is 1.10. The van der Waals surface area contributed by atoms with E-state index in [2.05, 4.69) is 128 Å². The maximum absolute atomic E-state index is 7.10. The standard InChI is InChI=1S/C58H43B3N2O2/c1-28-13-17-38-46(25-28)64-44-19-15-34-48(32-9-5-6-10-32)36-21-30(3)23-40-53(36)62-55(34)50(44)59(38)42-27-43-58-52(57(42)62)61(40)41-24-31(4)22-37-49(33-11-7-8-12-33)35-16-20-45-51(56(35)63(58)54(37)41)60(43)39-18-14-29(2)26-47(39)65-45/h13-27H,5-12H2,1-4H3. The van der Waals surface area contributed by atoms with Crippen molar-refractivity contribution >= 4 is 115 Å². The van der Waals surface area contributed by atoms with Gasteiger partial charge in [-0.05, 0) is 199 Å². The number of hydrogen-bond acceptors (Lipinski definition) is 4. The van der Waals surface area contributed by atoms with Gasteiger partial charge >= 0.3 is 0 Å². The maximum Gasteiger partial charge on any atom is 0.256 e. The molecule has 2 aliphatic carbocycles. The van der Waals surface area contributed by atoms with E-state index in [4.69, 9.17) is 9.47 Å². The highest BCUT2D eigenvalue weighted by Gasteiger charge is 2.58. The molecule has 2 fully saturated rings. The molecule has 0 unspecified atom stereocenters. The topological polar surface area (TPSA) is 24.9 Å². The van der Waals surface area contributed by atoms with Crippen molar-refractivity contribution in [3.8, 4) is 23.0 Å². The van der Waals surface area contributed by atoms with Crippen molar-refractivity contribution < 1.29 is 9.47 Å².